The molecule has 3 nitrogen and oxygen atoms in total. The molecule has 41 heavy (non-hydrogen) atoms. The van der Waals surface area contributed by atoms with E-state index in [4.69, 9.17) is 9.98 Å². The molecule has 7 aromatic rings. The van der Waals surface area contributed by atoms with Gasteiger partial charge in [0.15, 0.2) is 0 Å². The van der Waals surface area contributed by atoms with Crippen LogP contribution in [0.5, 0.6) is 0 Å². The first-order valence-electron chi connectivity index (χ1n) is 13.8. The number of nitrogens with one attached hydrogen (secondary N) is 1. The van der Waals surface area contributed by atoms with E-state index in [-0.39, 0.29) is 6.04 Å². The van der Waals surface area contributed by atoms with Crippen LogP contribution in [0.3, 0.4) is 0 Å². The maximum atomic E-state index is 5.21. The topological polar surface area (TPSA) is 37.3 Å². The molecule has 0 aliphatic carbocycles. The maximum Gasteiger partial charge on any atom is 0.133 e. The molecule has 8 rings (SSSR count). The Kier molecular flexibility index (Phi) is 5.71. The van der Waals surface area contributed by atoms with Gasteiger partial charge in [0.25, 0.3) is 0 Å². The summed E-state index contributed by atoms with van der Waals surface area (Å²) in [6.07, 6.45) is 0. The lowest BCUT2D eigenvalue weighted by Crippen LogP contribution is -2.22. The quantitative estimate of drug-likeness (QED) is 0.240. The van der Waals surface area contributed by atoms with Crippen LogP contribution in [0.2, 0.25) is 0 Å². The van der Waals surface area contributed by atoms with Gasteiger partial charge in [-0.1, -0.05) is 115 Å². The highest BCUT2D eigenvalue weighted by Gasteiger charge is 2.23. The average Bonchev–Trinajstić information content (AvgIpc) is 3.50. The van der Waals surface area contributed by atoms with Gasteiger partial charge in [0.1, 0.15) is 16.9 Å². The Labute approximate surface area is 242 Å². The van der Waals surface area contributed by atoms with Crippen LogP contribution in [0.15, 0.2) is 145 Å². The Morgan fingerprint density at radius 3 is 2.20 bits per heavy atom. The highest BCUT2D eigenvalue weighted by atomic mass is 32.1. The molecule has 1 atom stereocenters. The normalized spacial score (nSPS) is 14.4. The minimum atomic E-state index is -0.0458. The zero-order chi connectivity index (χ0) is 27.2. The van der Waals surface area contributed by atoms with Crippen molar-refractivity contribution in [1.29, 1.82) is 0 Å². The van der Waals surface area contributed by atoms with E-state index in [0.29, 0.717) is 0 Å². The first-order chi connectivity index (χ1) is 20.3. The van der Waals surface area contributed by atoms with Crippen LogP contribution in [0.25, 0.3) is 42.7 Å². The molecule has 6 aromatic carbocycles. The number of thiazole rings is 1. The van der Waals surface area contributed by atoms with Gasteiger partial charge in [-0.25, -0.2) is 4.98 Å². The summed E-state index contributed by atoms with van der Waals surface area (Å²) in [6, 6.07) is 49.1. The number of amidine groups is 1. The second-order valence-corrected chi connectivity index (χ2v) is 11.3. The molecule has 194 valence electrons. The lowest BCUT2D eigenvalue weighted by Gasteiger charge is -2.26. The van der Waals surface area contributed by atoms with Crippen LogP contribution >= 0.6 is 11.3 Å². The van der Waals surface area contributed by atoms with Crippen LogP contribution < -0.4 is 5.32 Å². The molecule has 0 bridgehead atoms. The predicted octanol–water partition coefficient (Wildman–Crippen LogP) is 9.75. The molecule has 0 radical (unpaired) electrons. The van der Waals surface area contributed by atoms with Crippen LogP contribution in [0.1, 0.15) is 22.7 Å². The summed E-state index contributed by atoms with van der Waals surface area (Å²) in [5, 5.41) is 7.11. The SMILES string of the molecule is c1ccc(-c2nc3ccc4cc(-c5cccc(C6=NC(c7ccccc7)c7ccccc7N6)c5)ccc4c3s2)cc1. The van der Waals surface area contributed by atoms with Crippen molar-refractivity contribution < 1.29 is 0 Å². The van der Waals surface area contributed by atoms with Gasteiger partial charge in [0.2, 0.25) is 0 Å². The Morgan fingerprint density at radius 2 is 1.32 bits per heavy atom. The summed E-state index contributed by atoms with van der Waals surface area (Å²) in [7, 11) is 0. The molecule has 1 aromatic heterocycles. The molecule has 0 fully saturated rings. The summed E-state index contributed by atoms with van der Waals surface area (Å²) < 4.78 is 1.23. The van der Waals surface area contributed by atoms with Gasteiger partial charge in [0.05, 0.1) is 10.2 Å². The summed E-state index contributed by atoms with van der Waals surface area (Å²) in [4.78, 5) is 10.1. The van der Waals surface area contributed by atoms with Crippen molar-refractivity contribution in [3.63, 3.8) is 0 Å². The van der Waals surface area contributed by atoms with E-state index < -0.39 is 0 Å². The fourth-order valence-corrected chi connectivity index (χ4v) is 6.79. The summed E-state index contributed by atoms with van der Waals surface area (Å²) >= 11 is 1.76. The third kappa shape index (κ3) is 4.30. The van der Waals surface area contributed by atoms with Gasteiger partial charge in [-0.05, 0) is 46.3 Å². The van der Waals surface area contributed by atoms with E-state index in [0.717, 1.165) is 33.2 Å². The molecule has 0 amide bonds. The van der Waals surface area contributed by atoms with Crippen molar-refractivity contribution >= 4 is 43.8 Å². The van der Waals surface area contributed by atoms with Gasteiger partial charge < -0.3 is 5.32 Å². The number of aliphatic imine (C=N–C) groups is 1. The van der Waals surface area contributed by atoms with E-state index in [1.165, 1.54) is 37.7 Å². The van der Waals surface area contributed by atoms with E-state index in [9.17, 15) is 0 Å². The minimum absolute atomic E-state index is 0.0458. The zero-order valence-corrected chi connectivity index (χ0v) is 23.0. The van der Waals surface area contributed by atoms with Gasteiger partial charge in [-0.15, -0.1) is 11.3 Å². The number of hydrogen-bond donors (Lipinski definition) is 1. The number of para-hydroxylation sites is 1. The van der Waals surface area contributed by atoms with E-state index in [2.05, 4.69) is 139 Å². The number of fused-ring (bicyclic) bond motifs is 4. The average molecular weight is 544 g/mol. The zero-order valence-electron chi connectivity index (χ0n) is 22.2. The lowest BCUT2D eigenvalue weighted by molar-refractivity contribution is 0.863. The van der Waals surface area contributed by atoms with Crippen LogP contribution in [0.4, 0.5) is 5.69 Å². The summed E-state index contributed by atoms with van der Waals surface area (Å²) in [5.41, 5.74) is 9.11. The van der Waals surface area contributed by atoms with Crippen molar-refractivity contribution in [2.24, 2.45) is 4.99 Å². The smallest absolute Gasteiger partial charge is 0.133 e. The molecule has 1 aliphatic heterocycles. The van der Waals surface area contributed by atoms with Crippen LogP contribution in [-0.4, -0.2) is 10.8 Å². The van der Waals surface area contributed by atoms with E-state index >= 15 is 0 Å². The van der Waals surface area contributed by atoms with Crippen LogP contribution in [-0.2, 0) is 0 Å². The molecule has 1 aliphatic rings. The fourth-order valence-electron chi connectivity index (χ4n) is 5.69. The summed E-state index contributed by atoms with van der Waals surface area (Å²) in [6.45, 7) is 0. The standard InChI is InChI=1S/C37H25N3S/c1-3-10-24(11-4-1)34-31-16-7-8-17-32(31)38-36(40-34)29-15-9-14-26(23-29)27-18-20-30-28(22-27)19-21-33-35(30)41-37(39-33)25-12-5-2-6-13-25/h1-23,34H,(H,38,40). The minimum Gasteiger partial charge on any atom is -0.340 e. The van der Waals surface area contributed by atoms with Gasteiger partial charge in [0, 0.05) is 27.8 Å². The number of rotatable bonds is 4. The van der Waals surface area contributed by atoms with Crippen LogP contribution in [0, 0.1) is 0 Å². The number of nitrogens with zero attached hydrogens (tertiary/aromatic N) is 2. The van der Waals surface area contributed by atoms with Crippen molar-refractivity contribution in [3.8, 4) is 21.7 Å². The molecule has 2 heterocycles. The number of hydrogen-bond acceptors (Lipinski definition) is 4. The number of benzene rings is 6. The molecule has 0 saturated heterocycles. The third-order valence-corrected chi connectivity index (χ3v) is 8.90. The van der Waals surface area contributed by atoms with Crippen molar-refractivity contribution in [2.45, 2.75) is 6.04 Å². The largest absolute Gasteiger partial charge is 0.340 e. The van der Waals surface area contributed by atoms with Crippen molar-refractivity contribution in [2.75, 3.05) is 5.32 Å². The number of aromatic nitrogens is 1. The van der Waals surface area contributed by atoms with Gasteiger partial charge in [-0.3, -0.25) is 4.99 Å². The van der Waals surface area contributed by atoms with Crippen molar-refractivity contribution in [1.82, 2.24) is 4.98 Å². The Hall–Kier alpha value is -5.06. The second-order valence-electron chi connectivity index (χ2n) is 10.3. The molecule has 1 N–H and O–H groups in total. The molecule has 1 unspecified atom stereocenters. The first-order valence-corrected chi connectivity index (χ1v) is 14.6. The van der Waals surface area contributed by atoms with Gasteiger partial charge in [-0.2, -0.15) is 0 Å². The molecule has 4 heteroatoms. The number of anilines is 1. The highest BCUT2D eigenvalue weighted by Crippen LogP contribution is 2.38. The molecular formula is C37H25N3S. The Bertz CT molecular complexity index is 2080. The first kappa shape index (κ1) is 23.8. The molecule has 0 spiro atoms. The lowest BCUT2D eigenvalue weighted by atomic mass is 9.95. The van der Waals surface area contributed by atoms with Crippen molar-refractivity contribution in [3.05, 3.63) is 156 Å². The Balaban J connectivity index is 1.17. The van der Waals surface area contributed by atoms with E-state index in [1.54, 1.807) is 11.3 Å². The second kappa shape index (κ2) is 9.84. The van der Waals surface area contributed by atoms with Gasteiger partial charge >= 0.3 is 0 Å². The monoisotopic (exact) mass is 543 g/mol. The maximum absolute atomic E-state index is 5.21. The molecular weight excluding hydrogens is 518 g/mol. The predicted molar refractivity (Wildman–Crippen MR) is 173 cm³/mol. The van der Waals surface area contributed by atoms with E-state index in [1.807, 2.05) is 6.07 Å². The Morgan fingerprint density at radius 1 is 0.585 bits per heavy atom. The third-order valence-electron chi connectivity index (χ3n) is 7.74. The highest BCUT2D eigenvalue weighted by molar-refractivity contribution is 7.22. The summed E-state index contributed by atoms with van der Waals surface area (Å²) in [5.74, 6) is 0.889. The fraction of sp³-hybridized carbons (Fsp3) is 0.0270. The molecule has 0 saturated carbocycles.